The second-order valence-electron chi connectivity index (χ2n) is 3.55. The van der Waals surface area contributed by atoms with Crippen molar-refractivity contribution in [2.75, 3.05) is 0 Å². The zero-order chi connectivity index (χ0) is 14.0. The fourth-order valence-electron chi connectivity index (χ4n) is 1.37. The number of rotatable bonds is 4. The van der Waals surface area contributed by atoms with Crippen LogP contribution in [-0.2, 0) is 15.6 Å². The van der Waals surface area contributed by atoms with Crippen molar-refractivity contribution in [3.63, 3.8) is 0 Å². The van der Waals surface area contributed by atoms with Crippen LogP contribution in [0.1, 0.15) is 16.2 Å². The number of nitrogens with zero attached hydrogens (tertiary/aromatic N) is 2. The first-order valence-corrected chi connectivity index (χ1v) is 7.35. The lowest BCUT2D eigenvalue weighted by atomic mass is 10.2. The molecule has 1 aromatic carbocycles. The fraction of sp³-hybridized carbons (Fsp3) is 0.100. The SMILES string of the molecule is O=C(O)c1cc(S(=O)(=O)Cc2ncon2)ccc1Br. The van der Waals surface area contributed by atoms with Crippen LogP contribution in [0.4, 0.5) is 0 Å². The Morgan fingerprint density at radius 2 is 2.16 bits per heavy atom. The van der Waals surface area contributed by atoms with Crippen LogP contribution in [-0.4, -0.2) is 29.6 Å². The Morgan fingerprint density at radius 3 is 2.74 bits per heavy atom. The quantitative estimate of drug-likeness (QED) is 0.892. The number of hydrogen-bond acceptors (Lipinski definition) is 6. The van der Waals surface area contributed by atoms with E-state index in [0.717, 1.165) is 12.5 Å². The Kier molecular flexibility index (Phi) is 3.67. The number of carboxylic acids is 1. The molecule has 0 spiro atoms. The average molecular weight is 347 g/mol. The standard InChI is InChI=1S/C10H7BrN2O5S/c11-8-2-1-6(3-7(8)10(14)15)19(16,17)4-9-12-5-18-13-9/h1-3,5H,4H2,(H,14,15). The highest BCUT2D eigenvalue weighted by atomic mass is 79.9. The average Bonchev–Trinajstić information content (AvgIpc) is 2.80. The summed E-state index contributed by atoms with van der Waals surface area (Å²) in [6.45, 7) is 0. The molecule has 0 saturated carbocycles. The summed E-state index contributed by atoms with van der Waals surface area (Å²) in [5.74, 6) is -1.66. The topological polar surface area (TPSA) is 110 Å². The molecule has 19 heavy (non-hydrogen) atoms. The summed E-state index contributed by atoms with van der Waals surface area (Å²) < 4.78 is 28.9. The molecule has 1 heterocycles. The van der Waals surface area contributed by atoms with Gasteiger partial charge in [0, 0.05) is 4.47 Å². The summed E-state index contributed by atoms with van der Waals surface area (Å²) in [5.41, 5.74) is -0.130. The summed E-state index contributed by atoms with van der Waals surface area (Å²) in [7, 11) is -3.73. The Hall–Kier alpha value is -1.74. The smallest absolute Gasteiger partial charge is 0.336 e. The van der Waals surface area contributed by atoms with Gasteiger partial charge < -0.3 is 9.63 Å². The van der Waals surface area contributed by atoms with Gasteiger partial charge in [-0.3, -0.25) is 0 Å². The lowest BCUT2D eigenvalue weighted by molar-refractivity contribution is 0.0695. The van der Waals surface area contributed by atoms with E-state index < -0.39 is 21.6 Å². The van der Waals surface area contributed by atoms with Crippen LogP contribution in [0, 0.1) is 0 Å². The third-order valence-electron chi connectivity index (χ3n) is 2.25. The van der Waals surface area contributed by atoms with Gasteiger partial charge in [-0.2, -0.15) is 4.98 Å². The van der Waals surface area contributed by atoms with Gasteiger partial charge in [0.1, 0.15) is 5.75 Å². The molecule has 2 rings (SSSR count). The second kappa shape index (κ2) is 5.10. The zero-order valence-electron chi connectivity index (χ0n) is 9.28. The van der Waals surface area contributed by atoms with Crippen molar-refractivity contribution in [2.45, 2.75) is 10.6 Å². The maximum Gasteiger partial charge on any atom is 0.336 e. The van der Waals surface area contributed by atoms with Gasteiger partial charge in [0.25, 0.3) is 0 Å². The third kappa shape index (κ3) is 2.99. The van der Waals surface area contributed by atoms with Crippen LogP contribution in [0.25, 0.3) is 0 Å². The van der Waals surface area contributed by atoms with E-state index in [1.807, 2.05) is 0 Å². The normalized spacial score (nSPS) is 11.4. The molecule has 7 nitrogen and oxygen atoms in total. The van der Waals surface area contributed by atoms with Gasteiger partial charge in [-0.05, 0) is 34.1 Å². The molecule has 1 aromatic heterocycles. The number of carboxylic acid groups (broad SMARTS) is 1. The molecule has 0 saturated heterocycles. The molecular weight excluding hydrogens is 340 g/mol. The predicted molar refractivity (Wildman–Crippen MR) is 66.3 cm³/mol. The van der Waals surface area contributed by atoms with Crippen LogP contribution in [0.2, 0.25) is 0 Å². The maximum absolute atomic E-state index is 12.1. The summed E-state index contributed by atoms with van der Waals surface area (Å²) in [4.78, 5) is 14.5. The Bertz CT molecular complexity index is 712. The number of aromatic carboxylic acids is 1. The van der Waals surface area contributed by atoms with Gasteiger partial charge in [0.2, 0.25) is 6.39 Å². The van der Waals surface area contributed by atoms with E-state index in [1.54, 1.807) is 0 Å². The molecule has 0 aliphatic carbocycles. The molecule has 0 aliphatic heterocycles. The van der Waals surface area contributed by atoms with E-state index in [1.165, 1.54) is 12.1 Å². The van der Waals surface area contributed by atoms with Gasteiger partial charge in [-0.15, -0.1) is 0 Å². The van der Waals surface area contributed by atoms with Gasteiger partial charge in [-0.25, -0.2) is 13.2 Å². The van der Waals surface area contributed by atoms with E-state index >= 15 is 0 Å². The van der Waals surface area contributed by atoms with Crippen molar-refractivity contribution in [2.24, 2.45) is 0 Å². The molecule has 2 aromatic rings. The van der Waals surface area contributed by atoms with Crippen LogP contribution in [0.5, 0.6) is 0 Å². The highest BCUT2D eigenvalue weighted by molar-refractivity contribution is 9.10. The predicted octanol–water partition coefficient (Wildman–Crippen LogP) is 1.50. The van der Waals surface area contributed by atoms with Gasteiger partial charge in [0.15, 0.2) is 15.7 Å². The zero-order valence-corrected chi connectivity index (χ0v) is 11.7. The minimum absolute atomic E-state index is 0.0137. The number of halogens is 1. The molecule has 0 amide bonds. The Morgan fingerprint density at radius 1 is 1.42 bits per heavy atom. The number of hydrogen-bond donors (Lipinski definition) is 1. The van der Waals surface area contributed by atoms with Crippen molar-refractivity contribution < 1.29 is 22.8 Å². The fourth-order valence-corrected chi connectivity index (χ4v) is 2.99. The highest BCUT2D eigenvalue weighted by Gasteiger charge is 2.20. The van der Waals surface area contributed by atoms with Crippen molar-refractivity contribution in [3.8, 4) is 0 Å². The largest absolute Gasteiger partial charge is 0.478 e. The summed E-state index contributed by atoms with van der Waals surface area (Å²) >= 11 is 3.04. The van der Waals surface area contributed by atoms with Crippen LogP contribution >= 0.6 is 15.9 Å². The van der Waals surface area contributed by atoms with E-state index in [4.69, 9.17) is 5.11 Å². The maximum atomic E-state index is 12.1. The first kappa shape index (κ1) is 13.7. The van der Waals surface area contributed by atoms with E-state index in [0.29, 0.717) is 4.47 Å². The minimum Gasteiger partial charge on any atom is -0.478 e. The molecule has 0 atom stereocenters. The van der Waals surface area contributed by atoms with Crippen molar-refractivity contribution in [1.29, 1.82) is 0 Å². The van der Waals surface area contributed by atoms with Crippen molar-refractivity contribution in [3.05, 3.63) is 40.5 Å². The summed E-state index contributed by atoms with van der Waals surface area (Å²) in [6.07, 6.45) is 1.02. The van der Waals surface area contributed by atoms with Crippen LogP contribution < -0.4 is 0 Å². The monoisotopic (exact) mass is 346 g/mol. The number of benzene rings is 1. The Labute approximate surface area is 116 Å². The van der Waals surface area contributed by atoms with Crippen LogP contribution in [0.3, 0.4) is 0 Å². The first-order valence-electron chi connectivity index (χ1n) is 4.91. The molecule has 0 unspecified atom stereocenters. The number of carbonyl (C=O) groups is 1. The van der Waals surface area contributed by atoms with Crippen molar-refractivity contribution in [1.82, 2.24) is 10.1 Å². The third-order valence-corrected chi connectivity index (χ3v) is 4.56. The summed E-state index contributed by atoms with van der Waals surface area (Å²) in [5, 5.41) is 12.4. The van der Waals surface area contributed by atoms with Gasteiger partial charge >= 0.3 is 5.97 Å². The lowest BCUT2D eigenvalue weighted by Gasteiger charge is -2.04. The minimum atomic E-state index is -3.73. The van der Waals surface area contributed by atoms with E-state index in [2.05, 4.69) is 30.6 Å². The lowest BCUT2D eigenvalue weighted by Crippen LogP contribution is -2.08. The molecule has 1 N–H and O–H groups in total. The molecule has 0 bridgehead atoms. The molecule has 0 fully saturated rings. The molecule has 0 radical (unpaired) electrons. The summed E-state index contributed by atoms with van der Waals surface area (Å²) in [6, 6.07) is 3.76. The number of aromatic nitrogens is 2. The first-order chi connectivity index (χ1) is 8.90. The molecular formula is C10H7BrN2O5S. The molecule has 100 valence electrons. The Balaban J connectivity index is 2.41. The van der Waals surface area contributed by atoms with Gasteiger partial charge in [-0.1, -0.05) is 5.16 Å². The molecule has 9 heteroatoms. The number of sulfone groups is 1. The van der Waals surface area contributed by atoms with E-state index in [-0.39, 0.29) is 16.3 Å². The second-order valence-corrected chi connectivity index (χ2v) is 6.40. The molecule has 0 aliphatic rings. The van der Waals surface area contributed by atoms with Crippen LogP contribution in [0.15, 0.2) is 38.5 Å². The van der Waals surface area contributed by atoms with Crippen molar-refractivity contribution >= 4 is 31.7 Å². The van der Waals surface area contributed by atoms with E-state index in [9.17, 15) is 13.2 Å². The van der Waals surface area contributed by atoms with Gasteiger partial charge in [0.05, 0.1) is 10.5 Å². The highest BCUT2D eigenvalue weighted by Crippen LogP contribution is 2.23.